The third-order valence-corrected chi connectivity index (χ3v) is 4.58. The molecule has 2 N–H and O–H groups in total. The summed E-state index contributed by atoms with van der Waals surface area (Å²) < 4.78 is 5.50. The van der Waals surface area contributed by atoms with Gasteiger partial charge < -0.3 is 15.4 Å². The van der Waals surface area contributed by atoms with Crippen LogP contribution in [-0.2, 0) is 6.42 Å². The zero-order valence-electron chi connectivity index (χ0n) is 14.4. The molecule has 4 heteroatoms. The van der Waals surface area contributed by atoms with Crippen molar-refractivity contribution in [3.05, 3.63) is 54.1 Å². The monoisotopic (exact) mass is 325 g/mol. The summed E-state index contributed by atoms with van der Waals surface area (Å²) in [6.45, 7) is 8.11. The molecule has 0 amide bonds. The minimum absolute atomic E-state index is 0.648. The van der Waals surface area contributed by atoms with Crippen LogP contribution in [0.25, 0.3) is 0 Å². The maximum atomic E-state index is 6.05. The summed E-state index contributed by atoms with van der Waals surface area (Å²) in [7, 11) is 0. The molecule has 1 saturated heterocycles. The van der Waals surface area contributed by atoms with Crippen molar-refractivity contribution >= 4 is 11.4 Å². The van der Waals surface area contributed by atoms with Crippen molar-refractivity contribution in [1.82, 2.24) is 4.90 Å². The third kappa shape index (κ3) is 4.20. The Morgan fingerprint density at radius 3 is 2.42 bits per heavy atom. The summed E-state index contributed by atoms with van der Waals surface area (Å²) in [5.74, 6) is 0.790. The highest BCUT2D eigenvalue weighted by Gasteiger charge is 2.16. The highest BCUT2D eigenvalue weighted by atomic mass is 16.5. The van der Waals surface area contributed by atoms with Crippen LogP contribution in [0.15, 0.2) is 48.5 Å². The molecule has 1 aliphatic heterocycles. The predicted octanol–water partition coefficient (Wildman–Crippen LogP) is 3.03. The van der Waals surface area contributed by atoms with Crippen molar-refractivity contribution in [2.24, 2.45) is 0 Å². The van der Waals surface area contributed by atoms with Gasteiger partial charge in [0.1, 0.15) is 5.75 Å². The topological polar surface area (TPSA) is 41.7 Å². The van der Waals surface area contributed by atoms with Crippen LogP contribution in [0.5, 0.6) is 5.75 Å². The van der Waals surface area contributed by atoms with Gasteiger partial charge >= 0.3 is 0 Å². The van der Waals surface area contributed by atoms with E-state index in [1.807, 2.05) is 19.1 Å². The highest BCUT2D eigenvalue weighted by Crippen LogP contribution is 2.23. The molecule has 0 unspecified atom stereocenters. The highest BCUT2D eigenvalue weighted by molar-refractivity contribution is 5.54. The van der Waals surface area contributed by atoms with E-state index in [-0.39, 0.29) is 0 Å². The van der Waals surface area contributed by atoms with Gasteiger partial charge in [-0.1, -0.05) is 24.3 Å². The maximum absolute atomic E-state index is 6.05. The second kappa shape index (κ2) is 8.06. The van der Waals surface area contributed by atoms with E-state index in [1.54, 1.807) is 0 Å². The Hall–Kier alpha value is -2.20. The summed E-state index contributed by atoms with van der Waals surface area (Å²) in [5.41, 5.74) is 9.40. The average molecular weight is 325 g/mol. The number of hydrogen-bond acceptors (Lipinski definition) is 4. The van der Waals surface area contributed by atoms with E-state index in [9.17, 15) is 0 Å². The van der Waals surface area contributed by atoms with Gasteiger partial charge in [0.05, 0.1) is 12.3 Å². The zero-order chi connectivity index (χ0) is 16.8. The van der Waals surface area contributed by atoms with Crippen LogP contribution in [0, 0.1) is 0 Å². The molecule has 0 atom stereocenters. The Kier molecular flexibility index (Phi) is 5.59. The van der Waals surface area contributed by atoms with Gasteiger partial charge in [0.2, 0.25) is 0 Å². The average Bonchev–Trinajstić information content (AvgIpc) is 2.63. The molecule has 1 fully saturated rings. The quantitative estimate of drug-likeness (QED) is 0.829. The number of hydrogen-bond donors (Lipinski definition) is 1. The van der Waals surface area contributed by atoms with Crippen LogP contribution in [0.4, 0.5) is 11.4 Å². The molecule has 4 nitrogen and oxygen atoms in total. The fourth-order valence-corrected chi connectivity index (χ4v) is 3.20. The van der Waals surface area contributed by atoms with Gasteiger partial charge in [-0.3, -0.25) is 4.90 Å². The van der Waals surface area contributed by atoms with Crippen molar-refractivity contribution in [1.29, 1.82) is 0 Å². The zero-order valence-corrected chi connectivity index (χ0v) is 14.4. The molecule has 128 valence electrons. The number of anilines is 2. The van der Waals surface area contributed by atoms with Crippen LogP contribution in [-0.4, -0.2) is 44.2 Å². The van der Waals surface area contributed by atoms with Crippen molar-refractivity contribution in [2.45, 2.75) is 13.3 Å². The first-order valence-corrected chi connectivity index (χ1v) is 8.80. The van der Waals surface area contributed by atoms with E-state index in [4.69, 9.17) is 10.5 Å². The molecule has 3 rings (SSSR count). The summed E-state index contributed by atoms with van der Waals surface area (Å²) in [5, 5.41) is 0. The molecule has 1 heterocycles. The first-order valence-electron chi connectivity index (χ1n) is 8.80. The normalized spacial score (nSPS) is 15.5. The molecule has 0 bridgehead atoms. The fraction of sp³-hybridized carbons (Fsp3) is 0.400. The lowest BCUT2D eigenvalue weighted by Crippen LogP contribution is -2.46. The van der Waals surface area contributed by atoms with Gasteiger partial charge in [0, 0.05) is 38.4 Å². The fourth-order valence-electron chi connectivity index (χ4n) is 3.20. The smallest absolute Gasteiger partial charge is 0.142 e. The van der Waals surface area contributed by atoms with Crippen molar-refractivity contribution in [3.63, 3.8) is 0 Å². The minimum atomic E-state index is 0.648. The van der Waals surface area contributed by atoms with E-state index in [1.165, 1.54) is 11.3 Å². The number of benzene rings is 2. The summed E-state index contributed by atoms with van der Waals surface area (Å²) >= 11 is 0. The molecule has 0 aromatic heterocycles. The molecular weight excluding hydrogens is 298 g/mol. The minimum Gasteiger partial charge on any atom is -0.492 e. The molecule has 0 spiro atoms. The van der Waals surface area contributed by atoms with Crippen LogP contribution in [0.1, 0.15) is 12.5 Å². The standard InChI is InChI=1S/C20H27N3O/c1-2-24-20-9-8-17(16-19(20)21)10-11-22-12-14-23(15-13-22)18-6-4-3-5-7-18/h3-9,16H,2,10-15,21H2,1H3. The van der Waals surface area contributed by atoms with E-state index < -0.39 is 0 Å². The van der Waals surface area contributed by atoms with Crippen molar-refractivity contribution < 1.29 is 4.74 Å². The molecule has 0 saturated carbocycles. The van der Waals surface area contributed by atoms with Crippen LogP contribution in [0.2, 0.25) is 0 Å². The number of piperazine rings is 1. The molecule has 2 aromatic carbocycles. The lowest BCUT2D eigenvalue weighted by molar-refractivity contribution is 0.261. The largest absolute Gasteiger partial charge is 0.492 e. The Bertz CT molecular complexity index is 637. The van der Waals surface area contributed by atoms with Gasteiger partial charge in [-0.05, 0) is 43.2 Å². The van der Waals surface area contributed by atoms with Crippen LogP contribution >= 0.6 is 0 Å². The van der Waals surface area contributed by atoms with Gasteiger partial charge in [-0.15, -0.1) is 0 Å². The lowest BCUT2D eigenvalue weighted by Gasteiger charge is -2.36. The Balaban J connectivity index is 1.47. The van der Waals surface area contributed by atoms with Gasteiger partial charge in [0.25, 0.3) is 0 Å². The first-order chi connectivity index (χ1) is 11.8. The van der Waals surface area contributed by atoms with Gasteiger partial charge in [-0.2, -0.15) is 0 Å². The van der Waals surface area contributed by atoms with Crippen molar-refractivity contribution in [3.8, 4) is 5.75 Å². The second-order valence-corrected chi connectivity index (χ2v) is 6.22. The SMILES string of the molecule is CCOc1ccc(CCN2CCN(c3ccccc3)CC2)cc1N. The van der Waals surface area contributed by atoms with E-state index in [2.05, 4.69) is 46.2 Å². The number of rotatable bonds is 6. The molecule has 24 heavy (non-hydrogen) atoms. The lowest BCUT2D eigenvalue weighted by atomic mass is 10.1. The Morgan fingerprint density at radius 1 is 1.00 bits per heavy atom. The number of nitrogens with zero attached hydrogens (tertiary/aromatic N) is 2. The Labute approximate surface area is 144 Å². The van der Waals surface area contributed by atoms with Crippen LogP contribution in [0.3, 0.4) is 0 Å². The van der Waals surface area contributed by atoms with Crippen LogP contribution < -0.4 is 15.4 Å². The third-order valence-electron chi connectivity index (χ3n) is 4.58. The summed E-state index contributed by atoms with van der Waals surface area (Å²) in [6.07, 6.45) is 1.03. The molecule has 0 radical (unpaired) electrons. The van der Waals surface area contributed by atoms with Gasteiger partial charge in [-0.25, -0.2) is 0 Å². The maximum Gasteiger partial charge on any atom is 0.142 e. The van der Waals surface area contributed by atoms with E-state index in [0.717, 1.165) is 50.6 Å². The summed E-state index contributed by atoms with van der Waals surface area (Å²) in [6, 6.07) is 16.8. The van der Waals surface area contributed by atoms with E-state index >= 15 is 0 Å². The van der Waals surface area contributed by atoms with Gasteiger partial charge in [0.15, 0.2) is 0 Å². The molecular formula is C20H27N3O. The number of nitrogen functional groups attached to an aromatic ring is 1. The molecule has 1 aliphatic rings. The summed E-state index contributed by atoms with van der Waals surface area (Å²) in [4.78, 5) is 5.00. The number of ether oxygens (including phenoxy) is 1. The van der Waals surface area contributed by atoms with Crippen molar-refractivity contribution in [2.75, 3.05) is 50.0 Å². The van der Waals surface area contributed by atoms with E-state index in [0.29, 0.717) is 6.61 Å². The number of nitrogens with two attached hydrogens (primary N) is 1. The first kappa shape index (κ1) is 16.7. The number of para-hydroxylation sites is 1. The predicted molar refractivity (Wildman–Crippen MR) is 101 cm³/mol. The Morgan fingerprint density at radius 2 is 1.75 bits per heavy atom. The molecule has 0 aliphatic carbocycles. The second-order valence-electron chi connectivity index (χ2n) is 6.22. The molecule has 2 aromatic rings.